The van der Waals surface area contributed by atoms with Crippen molar-refractivity contribution in [1.82, 2.24) is 5.32 Å². The van der Waals surface area contributed by atoms with Crippen molar-refractivity contribution < 1.29 is 15.0 Å². The number of carbonyl (C=O) groups excluding carboxylic acids is 1. The van der Waals surface area contributed by atoms with Crippen molar-refractivity contribution in [3.8, 4) is 0 Å². The Labute approximate surface area is 305 Å². The highest BCUT2D eigenvalue weighted by Crippen LogP contribution is 2.14. The van der Waals surface area contributed by atoms with E-state index in [1.165, 1.54) is 141 Å². The van der Waals surface area contributed by atoms with E-state index in [9.17, 15) is 15.0 Å². The molecule has 0 saturated carbocycles. The lowest BCUT2D eigenvalue weighted by Crippen LogP contribution is -2.45. The standard InChI is InChI=1S/C45H83NO3/c1-3-5-7-9-11-13-15-16-17-18-19-20-21-22-23-24-25-26-27-28-29-31-32-34-36-38-40-44(48)43(42-47)46-45(49)41-39-37-35-33-30-14-12-10-8-6-4-2/h10,12,26-27,31-32,38,40,43-44,47-48H,3-9,11,13-25,28-30,33-37,39,41-42H2,1-2H3,(H,46,49)/b12-10-,27-26+,32-31+,40-38+. The van der Waals surface area contributed by atoms with E-state index in [0.29, 0.717) is 6.42 Å². The van der Waals surface area contributed by atoms with Gasteiger partial charge in [-0.05, 0) is 64.2 Å². The van der Waals surface area contributed by atoms with Gasteiger partial charge in [0.1, 0.15) is 0 Å². The Hall–Kier alpha value is -1.65. The fourth-order valence-corrected chi connectivity index (χ4v) is 6.19. The second-order valence-corrected chi connectivity index (χ2v) is 14.4. The third-order valence-corrected chi connectivity index (χ3v) is 9.51. The van der Waals surface area contributed by atoms with Gasteiger partial charge in [-0.3, -0.25) is 4.79 Å². The first-order valence-electron chi connectivity index (χ1n) is 21.4. The minimum atomic E-state index is -0.872. The van der Waals surface area contributed by atoms with E-state index in [-0.39, 0.29) is 12.5 Å². The Morgan fingerprint density at radius 3 is 1.24 bits per heavy atom. The van der Waals surface area contributed by atoms with E-state index in [1.54, 1.807) is 6.08 Å². The summed E-state index contributed by atoms with van der Waals surface area (Å²) in [6.07, 6.45) is 55.1. The zero-order chi connectivity index (χ0) is 35.7. The van der Waals surface area contributed by atoms with E-state index in [2.05, 4.69) is 55.6 Å². The van der Waals surface area contributed by atoms with Crippen LogP contribution >= 0.6 is 0 Å². The molecule has 0 aromatic rings. The maximum Gasteiger partial charge on any atom is 0.220 e. The van der Waals surface area contributed by atoms with Crippen molar-refractivity contribution in [3.63, 3.8) is 0 Å². The van der Waals surface area contributed by atoms with Crippen LogP contribution in [0.3, 0.4) is 0 Å². The second-order valence-electron chi connectivity index (χ2n) is 14.4. The molecule has 0 radical (unpaired) electrons. The van der Waals surface area contributed by atoms with E-state index in [0.717, 1.165) is 51.4 Å². The third-order valence-electron chi connectivity index (χ3n) is 9.51. The summed E-state index contributed by atoms with van der Waals surface area (Å²) in [6.45, 7) is 4.25. The van der Waals surface area contributed by atoms with Gasteiger partial charge in [-0.1, -0.05) is 191 Å². The van der Waals surface area contributed by atoms with Crippen LogP contribution in [0, 0.1) is 0 Å². The summed E-state index contributed by atoms with van der Waals surface area (Å²) in [4.78, 5) is 12.3. The van der Waals surface area contributed by atoms with E-state index in [4.69, 9.17) is 0 Å². The molecule has 0 fully saturated rings. The molecule has 49 heavy (non-hydrogen) atoms. The highest BCUT2D eigenvalue weighted by molar-refractivity contribution is 5.76. The predicted molar refractivity (Wildman–Crippen MR) is 216 cm³/mol. The fraction of sp³-hybridized carbons (Fsp3) is 0.800. The number of hydrogen-bond donors (Lipinski definition) is 3. The topological polar surface area (TPSA) is 69.6 Å². The van der Waals surface area contributed by atoms with Crippen LogP contribution in [0.15, 0.2) is 48.6 Å². The molecule has 4 nitrogen and oxygen atoms in total. The van der Waals surface area contributed by atoms with Gasteiger partial charge >= 0.3 is 0 Å². The number of aliphatic hydroxyl groups is 2. The molecule has 0 aromatic carbocycles. The predicted octanol–water partition coefficient (Wildman–Crippen LogP) is 13.2. The van der Waals surface area contributed by atoms with Crippen molar-refractivity contribution in [1.29, 1.82) is 0 Å². The SMILES string of the molecule is CCCC/C=C\CCCCCCCC(=O)NC(CO)C(O)/C=C/CC/C=C/CC/C=C/CCCCCCCCCCCCCCCCCC. The third kappa shape index (κ3) is 37.4. The average molecular weight is 686 g/mol. The molecule has 2 unspecified atom stereocenters. The van der Waals surface area contributed by atoms with Gasteiger partial charge in [-0.2, -0.15) is 0 Å². The lowest BCUT2D eigenvalue weighted by Gasteiger charge is -2.19. The molecule has 4 heteroatoms. The summed E-state index contributed by atoms with van der Waals surface area (Å²) in [5.74, 6) is -0.0904. The summed E-state index contributed by atoms with van der Waals surface area (Å²) in [6, 6.07) is -0.648. The van der Waals surface area contributed by atoms with Gasteiger partial charge < -0.3 is 15.5 Å². The smallest absolute Gasteiger partial charge is 0.220 e. The number of hydrogen-bond acceptors (Lipinski definition) is 3. The summed E-state index contributed by atoms with van der Waals surface area (Å²) in [5, 5.41) is 22.9. The minimum Gasteiger partial charge on any atom is -0.394 e. The van der Waals surface area contributed by atoms with Crippen LogP contribution in [0.2, 0.25) is 0 Å². The molecule has 0 spiro atoms. The van der Waals surface area contributed by atoms with Crippen LogP contribution in [0.5, 0.6) is 0 Å². The van der Waals surface area contributed by atoms with Gasteiger partial charge in [0.15, 0.2) is 0 Å². The van der Waals surface area contributed by atoms with Crippen LogP contribution in [0.4, 0.5) is 0 Å². The Morgan fingerprint density at radius 1 is 0.469 bits per heavy atom. The first-order chi connectivity index (χ1) is 24.2. The molecule has 3 N–H and O–H groups in total. The monoisotopic (exact) mass is 686 g/mol. The maximum absolute atomic E-state index is 12.3. The molecule has 0 saturated heterocycles. The number of aliphatic hydroxyl groups excluding tert-OH is 2. The highest BCUT2D eigenvalue weighted by Gasteiger charge is 2.17. The largest absolute Gasteiger partial charge is 0.394 e. The van der Waals surface area contributed by atoms with Gasteiger partial charge in [0.2, 0.25) is 5.91 Å². The molecule has 2 atom stereocenters. The van der Waals surface area contributed by atoms with Crippen LogP contribution in [-0.4, -0.2) is 34.9 Å². The van der Waals surface area contributed by atoms with Gasteiger partial charge in [0.25, 0.3) is 0 Å². The highest BCUT2D eigenvalue weighted by atomic mass is 16.3. The molecule has 0 aromatic heterocycles. The van der Waals surface area contributed by atoms with Crippen LogP contribution in [0.1, 0.15) is 213 Å². The number of allylic oxidation sites excluding steroid dienone is 7. The Kier molecular flexibility index (Phi) is 39.4. The molecule has 1 amide bonds. The van der Waals surface area contributed by atoms with Crippen LogP contribution < -0.4 is 5.32 Å². The van der Waals surface area contributed by atoms with E-state index < -0.39 is 12.1 Å². The molecule has 0 aliphatic heterocycles. The van der Waals surface area contributed by atoms with Gasteiger partial charge in [-0.25, -0.2) is 0 Å². The van der Waals surface area contributed by atoms with Gasteiger partial charge in [-0.15, -0.1) is 0 Å². The summed E-state index contributed by atoms with van der Waals surface area (Å²) >= 11 is 0. The number of rotatable bonds is 38. The number of amides is 1. The lowest BCUT2D eigenvalue weighted by molar-refractivity contribution is -0.123. The number of unbranched alkanes of at least 4 members (excludes halogenated alkanes) is 25. The van der Waals surface area contributed by atoms with Crippen molar-refractivity contribution in [2.45, 2.75) is 225 Å². The Morgan fingerprint density at radius 2 is 0.816 bits per heavy atom. The Bertz CT molecular complexity index is 786. The molecule has 0 heterocycles. The second kappa shape index (κ2) is 40.8. The number of carbonyl (C=O) groups is 1. The first-order valence-corrected chi connectivity index (χ1v) is 21.4. The zero-order valence-electron chi connectivity index (χ0n) is 32.7. The number of nitrogens with one attached hydrogen (secondary N) is 1. The molecule has 0 bridgehead atoms. The normalized spacial score (nSPS) is 13.5. The molecular formula is C45H83NO3. The molecule has 0 rings (SSSR count). The quantitative estimate of drug-likeness (QED) is 0.0447. The van der Waals surface area contributed by atoms with Gasteiger partial charge in [0.05, 0.1) is 18.8 Å². The maximum atomic E-state index is 12.3. The van der Waals surface area contributed by atoms with Crippen molar-refractivity contribution in [2.24, 2.45) is 0 Å². The lowest BCUT2D eigenvalue weighted by atomic mass is 10.0. The molecule has 0 aliphatic carbocycles. The zero-order valence-corrected chi connectivity index (χ0v) is 32.7. The first kappa shape index (κ1) is 47.4. The minimum absolute atomic E-state index is 0.0904. The van der Waals surface area contributed by atoms with Crippen molar-refractivity contribution in [2.75, 3.05) is 6.61 Å². The average Bonchev–Trinajstić information content (AvgIpc) is 3.10. The fourth-order valence-electron chi connectivity index (χ4n) is 6.19. The molecule has 0 aliphatic rings. The molecular weight excluding hydrogens is 602 g/mol. The van der Waals surface area contributed by atoms with Crippen molar-refractivity contribution in [3.05, 3.63) is 48.6 Å². The van der Waals surface area contributed by atoms with E-state index in [1.807, 2.05) is 6.08 Å². The van der Waals surface area contributed by atoms with Crippen LogP contribution in [-0.2, 0) is 4.79 Å². The van der Waals surface area contributed by atoms with Gasteiger partial charge in [0, 0.05) is 6.42 Å². The summed E-state index contributed by atoms with van der Waals surface area (Å²) in [7, 11) is 0. The summed E-state index contributed by atoms with van der Waals surface area (Å²) < 4.78 is 0. The van der Waals surface area contributed by atoms with E-state index >= 15 is 0 Å². The van der Waals surface area contributed by atoms with Crippen molar-refractivity contribution >= 4 is 5.91 Å². The molecule has 286 valence electrons. The summed E-state index contributed by atoms with van der Waals surface area (Å²) in [5.41, 5.74) is 0. The Balaban J connectivity index is 3.61. The van der Waals surface area contributed by atoms with Crippen LogP contribution in [0.25, 0.3) is 0 Å².